The lowest BCUT2D eigenvalue weighted by molar-refractivity contribution is -0.387. The zero-order valence-electron chi connectivity index (χ0n) is 49.1. The van der Waals surface area contributed by atoms with E-state index in [1.54, 1.807) is 6.92 Å². The Hall–Kier alpha value is -2.88. The van der Waals surface area contributed by atoms with E-state index in [2.05, 4.69) is 75.3 Å². The highest BCUT2D eigenvalue weighted by Gasteiger charge is 2.71. The van der Waals surface area contributed by atoms with Crippen LogP contribution in [0.1, 0.15) is 152 Å². The van der Waals surface area contributed by atoms with Crippen molar-refractivity contribution in [2.45, 2.75) is 222 Å². The van der Waals surface area contributed by atoms with Gasteiger partial charge in [-0.2, -0.15) is 0 Å². The van der Waals surface area contributed by atoms with Crippen LogP contribution in [-0.2, 0) is 55.8 Å². The molecule has 8 aliphatic rings. The Kier molecular flexibility index (Phi) is 16.5. The van der Waals surface area contributed by atoms with Crippen molar-refractivity contribution in [1.82, 2.24) is 0 Å². The first kappa shape index (κ1) is 58.3. The second-order valence-electron chi connectivity index (χ2n) is 28.3. The molecule has 10 unspecified atom stereocenters. The van der Waals surface area contributed by atoms with E-state index < -0.39 is 78.5 Å². The Balaban J connectivity index is 0.978. The Morgan fingerprint density at radius 2 is 1.36 bits per heavy atom. The standard InChI is InChI=1S/C66H96O12/c1-38-34-73-58(42(5)39(38)2)77-56-55(71)48(31-44-19-15-13-16-20-44)74-60(57(56)78-59-54(70)41(4)40(3)49(75-59)36-72-35-45-21-17-14-18-22-45)76-53-26-27-62(9)50(63(53,10)37-67)25-28-64(11)51(62)24-23-46-47-32-61(7,8)29-30-66(47,43(6)68)52(69)33-65(46,64)12/h13-23,37-42,47-60,69-71H,24-36H2,1-12H3/t38-,39+,40-,41+,42?,47?,48?,49?,50-,51?,52?,53+,54?,55-,56+,57?,58+,59+,60+,62?,63-,64?,65-,66-/m1/s1. The quantitative estimate of drug-likeness (QED) is 0.0935. The third kappa shape index (κ3) is 9.89. The zero-order chi connectivity index (χ0) is 55.9. The van der Waals surface area contributed by atoms with Gasteiger partial charge < -0.3 is 53.3 Å². The molecule has 2 aromatic rings. The van der Waals surface area contributed by atoms with Crippen molar-refractivity contribution in [3.63, 3.8) is 0 Å². The van der Waals surface area contributed by atoms with Crippen LogP contribution in [0.25, 0.3) is 0 Å². The molecule has 0 bridgehead atoms. The second kappa shape index (κ2) is 22.0. The van der Waals surface area contributed by atoms with Crippen LogP contribution in [0.15, 0.2) is 72.3 Å². The van der Waals surface area contributed by atoms with Gasteiger partial charge in [-0.15, -0.1) is 0 Å². The van der Waals surface area contributed by atoms with Crippen LogP contribution in [0.2, 0.25) is 0 Å². The number of carbonyl (C=O) groups is 2. The van der Waals surface area contributed by atoms with E-state index in [4.69, 9.17) is 33.2 Å². The smallest absolute Gasteiger partial charge is 0.187 e. The van der Waals surface area contributed by atoms with Crippen LogP contribution in [-0.4, -0.2) is 108 Å². The van der Waals surface area contributed by atoms with E-state index in [0.29, 0.717) is 44.8 Å². The molecule has 432 valence electrons. The highest BCUT2D eigenvalue weighted by Crippen LogP contribution is 2.76. The van der Waals surface area contributed by atoms with E-state index in [1.807, 2.05) is 67.6 Å². The van der Waals surface area contributed by atoms with Gasteiger partial charge in [0.2, 0.25) is 0 Å². The molecule has 3 N–H and O–H groups in total. The Morgan fingerprint density at radius 1 is 0.692 bits per heavy atom. The van der Waals surface area contributed by atoms with Gasteiger partial charge in [-0.1, -0.05) is 148 Å². The summed E-state index contributed by atoms with van der Waals surface area (Å²) in [6.07, 6.45) is 0.924. The Labute approximate surface area is 466 Å². The molecule has 0 aromatic heterocycles. The lowest BCUT2D eigenvalue weighted by Crippen LogP contribution is -2.68. The number of allylic oxidation sites excluding steroid dienone is 2. The van der Waals surface area contributed by atoms with Crippen molar-refractivity contribution in [3.05, 3.63) is 83.4 Å². The molecule has 3 aliphatic heterocycles. The first-order chi connectivity index (χ1) is 36.9. The molecule has 3 heterocycles. The van der Waals surface area contributed by atoms with Crippen molar-refractivity contribution < 1.29 is 58.1 Å². The number of Topliss-reactive ketones (excluding diaryl/α,β-unsaturated/α-hetero) is 1. The van der Waals surface area contributed by atoms with Crippen LogP contribution in [0.4, 0.5) is 0 Å². The monoisotopic (exact) mass is 1080 g/mol. The van der Waals surface area contributed by atoms with E-state index >= 15 is 0 Å². The van der Waals surface area contributed by atoms with Gasteiger partial charge in [0.1, 0.15) is 36.5 Å². The minimum Gasteiger partial charge on any atom is -0.392 e. The molecule has 12 heteroatoms. The highest BCUT2D eigenvalue weighted by molar-refractivity contribution is 5.84. The van der Waals surface area contributed by atoms with Gasteiger partial charge in [-0.05, 0) is 139 Å². The number of aliphatic hydroxyl groups excluding tert-OH is 3. The molecule has 10 rings (SSSR count). The summed E-state index contributed by atoms with van der Waals surface area (Å²) in [7, 11) is 0. The molecule has 4 saturated carbocycles. The lowest BCUT2D eigenvalue weighted by Gasteiger charge is -2.71. The van der Waals surface area contributed by atoms with Crippen molar-refractivity contribution in [3.8, 4) is 0 Å². The predicted molar refractivity (Wildman–Crippen MR) is 297 cm³/mol. The van der Waals surface area contributed by atoms with Crippen LogP contribution in [0.5, 0.6) is 0 Å². The van der Waals surface area contributed by atoms with Crippen LogP contribution >= 0.6 is 0 Å². The summed E-state index contributed by atoms with van der Waals surface area (Å²) in [5, 5.41) is 37.3. The normalized spacial score (nSPS) is 48.0. The number of hydrogen-bond donors (Lipinski definition) is 3. The maximum absolute atomic E-state index is 14.3. The molecule has 12 nitrogen and oxygen atoms in total. The summed E-state index contributed by atoms with van der Waals surface area (Å²) >= 11 is 0. The molecule has 0 spiro atoms. The summed E-state index contributed by atoms with van der Waals surface area (Å²) in [6.45, 7) is 27.5. The van der Waals surface area contributed by atoms with Gasteiger partial charge in [-0.25, -0.2) is 0 Å². The van der Waals surface area contributed by atoms with E-state index in [1.165, 1.54) is 5.57 Å². The lowest BCUT2D eigenvalue weighted by atomic mass is 9.33. The fourth-order valence-electron chi connectivity index (χ4n) is 17.8. The SMILES string of the molecule is CC(=O)[C@]12CCC(C)(C)CC1C1=CCC3C4(C)CC[C@H](O[C@@H]5OC(Cc6ccccc6)[C@@H](O)[C@H](O[C@@H]6OC[C@@H](C)[C@H](C)C6C)C5O[C@@H]5OC(COCc6ccccc6)[C@H](C)[C@H](C)C5O)[C@](C)(C=O)[C@@H]4CCC3(C)[C@]1(C)CC2O. The molecule has 7 fully saturated rings. The first-order valence-electron chi connectivity index (χ1n) is 30.2. The predicted octanol–water partition coefficient (Wildman–Crippen LogP) is 10.9. The highest BCUT2D eigenvalue weighted by atomic mass is 16.8. The largest absolute Gasteiger partial charge is 0.392 e. The number of ether oxygens (including phenoxy) is 7. The van der Waals surface area contributed by atoms with Crippen molar-refractivity contribution in [2.24, 2.45) is 79.8 Å². The Morgan fingerprint density at radius 3 is 2.04 bits per heavy atom. The van der Waals surface area contributed by atoms with Crippen molar-refractivity contribution in [1.29, 1.82) is 0 Å². The Bertz CT molecular complexity index is 2450. The van der Waals surface area contributed by atoms with Crippen molar-refractivity contribution >= 4 is 12.1 Å². The summed E-state index contributed by atoms with van der Waals surface area (Å²) in [4.78, 5) is 28.2. The molecular weight excluding hydrogens is 985 g/mol. The molecule has 3 saturated heterocycles. The molecule has 0 amide bonds. The molecule has 24 atom stereocenters. The maximum atomic E-state index is 14.3. The second-order valence-corrected chi connectivity index (χ2v) is 28.3. The topological polar surface area (TPSA) is 159 Å². The number of aldehydes is 1. The van der Waals surface area contributed by atoms with E-state index in [0.717, 1.165) is 55.9 Å². The van der Waals surface area contributed by atoms with Crippen molar-refractivity contribution in [2.75, 3.05) is 13.2 Å². The summed E-state index contributed by atoms with van der Waals surface area (Å²) < 4.78 is 48.2. The van der Waals surface area contributed by atoms with Crippen LogP contribution in [0.3, 0.4) is 0 Å². The molecule has 78 heavy (non-hydrogen) atoms. The minimum atomic E-state index is -1.21. The van der Waals surface area contributed by atoms with E-state index in [9.17, 15) is 24.9 Å². The molecule has 2 aromatic carbocycles. The zero-order valence-corrected chi connectivity index (χ0v) is 49.1. The minimum absolute atomic E-state index is 0.00618. The van der Waals surface area contributed by atoms with Crippen LogP contribution in [0, 0.1) is 79.8 Å². The average Bonchev–Trinajstić information content (AvgIpc) is 3.50. The molecule has 0 radical (unpaired) electrons. The number of carbonyl (C=O) groups excluding carboxylic acids is 2. The third-order valence-corrected chi connectivity index (χ3v) is 23.6. The van der Waals surface area contributed by atoms with Gasteiger partial charge in [0.15, 0.2) is 18.9 Å². The van der Waals surface area contributed by atoms with Gasteiger partial charge in [0.05, 0.1) is 55.1 Å². The number of benzene rings is 2. The molecule has 5 aliphatic carbocycles. The van der Waals surface area contributed by atoms with E-state index in [-0.39, 0.29) is 75.5 Å². The first-order valence-corrected chi connectivity index (χ1v) is 30.2. The summed E-state index contributed by atoms with van der Waals surface area (Å²) in [5.74, 6) is 0.482. The number of hydrogen-bond acceptors (Lipinski definition) is 12. The maximum Gasteiger partial charge on any atom is 0.187 e. The number of rotatable bonds is 14. The van der Waals surface area contributed by atoms with Gasteiger partial charge in [-0.3, -0.25) is 4.79 Å². The number of ketones is 1. The summed E-state index contributed by atoms with van der Waals surface area (Å²) in [6, 6.07) is 20.0. The van der Waals surface area contributed by atoms with Gasteiger partial charge in [0, 0.05) is 12.3 Å². The fraction of sp³-hybridized carbons (Fsp3) is 0.758. The number of aliphatic hydroxyl groups is 3. The van der Waals surface area contributed by atoms with Gasteiger partial charge >= 0.3 is 0 Å². The van der Waals surface area contributed by atoms with Gasteiger partial charge in [0.25, 0.3) is 0 Å². The average molecular weight is 1080 g/mol. The van der Waals surface area contributed by atoms with Crippen LogP contribution < -0.4 is 0 Å². The third-order valence-electron chi connectivity index (χ3n) is 23.6. The number of fused-ring (bicyclic) bond motifs is 7. The summed E-state index contributed by atoms with van der Waals surface area (Å²) in [5.41, 5.74) is 0.937. The fourth-order valence-corrected chi connectivity index (χ4v) is 17.8. The molecular formula is C66H96O12.